The number of carboxylic acids is 1. The van der Waals surface area contributed by atoms with Crippen LogP contribution in [0.5, 0.6) is 0 Å². The van der Waals surface area contributed by atoms with Gasteiger partial charge < -0.3 is 10.8 Å². The van der Waals surface area contributed by atoms with Crippen LogP contribution in [0.3, 0.4) is 0 Å². The number of aromatic nitrogens is 4. The highest BCUT2D eigenvalue weighted by molar-refractivity contribution is 9.10. The number of nitrogens with zero attached hydrogens (tertiary/aromatic N) is 4. The Bertz CT molecular complexity index is 566. The van der Waals surface area contributed by atoms with Crippen LogP contribution in [0.2, 0.25) is 0 Å². The molecule has 0 fully saturated rings. The van der Waals surface area contributed by atoms with E-state index in [1.165, 1.54) is 4.68 Å². The zero-order valence-electron chi connectivity index (χ0n) is 9.25. The van der Waals surface area contributed by atoms with Crippen molar-refractivity contribution in [3.63, 3.8) is 0 Å². The van der Waals surface area contributed by atoms with Crippen molar-refractivity contribution in [1.29, 1.82) is 0 Å². The molecule has 2 aromatic heterocycles. The number of rotatable bonds is 4. The van der Waals surface area contributed by atoms with Crippen molar-refractivity contribution in [2.24, 2.45) is 5.73 Å². The summed E-state index contributed by atoms with van der Waals surface area (Å²) in [6, 6.07) is 3.66. The first-order valence-electron chi connectivity index (χ1n) is 5.08. The van der Waals surface area contributed by atoms with E-state index >= 15 is 0 Å². The molecule has 2 heterocycles. The molecule has 0 saturated heterocycles. The summed E-state index contributed by atoms with van der Waals surface area (Å²) in [5.74, 6) is -1.13. The van der Waals surface area contributed by atoms with Gasteiger partial charge in [-0.1, -0.05) is 5.21 Å². The highest BCUT2D eigenvalue weighted by Gasteiger charge is 2.17. The van der Waals surface area contributed by atoms with E-state index in [0.717, 1.165) is 10.2 Å². The molecule has 0 radical (unpaired) electrons. The molecule has 0 aromatic carbocycles. The molecule has 2 aromatic rings. The smallest absolute Gasteiger partial charge is 0.358 e. The van der Waals surface area contributed by atoms with Gasteiger partial charge in [0.2, 0.25) is 0 Å². The number of carboxylic acid groups (broad SMARTS) is 1. The summed E-state index contributed by atoms with van der Waals surface area (Å²) in [7, 11) is 0. The standard InChI is InChI=1S/C10H10BrN5O2/c11-6-1-2-7(13-4-6)5-16-8(3-12)9(10(17)18)14-15-16/h1-2,4H,3,5,12H2,(H,17,18). The summed E-state index contributed by atoms with van der Waals surface area (Å²) in [6.07, 6.45) is 1.66. The Kier molecular flexibility index (Phi) is 3.68. The number of pyridine rings is 1. The number of hydrogen-bond acceptors (Lipinski definition) is 5. The lowest BCUT2D eigenvalue weighted by molar-refractivity contribution is 0.0689. The first-order chi connectivity index (χ1) is 8.61. The van der Waals surface area contributed by atoms with Crippen LogP contribution >= 0.6 is 15.9 Å². The maximum Gasteiger partial charge on any atom is 0.358 e. The minimum absolute atomic E-state index is 0.0607. The van der Waals surface area contributed by atoms with Gasteiger partial charge in [0.1, 0.15) is 0 Å². The average molecular weight is 312 g/mol. The molecule has 0 aliphatic heterocycles. The first kappa shape index (κ1) is 12.7. The minimum atomic E-state index is -1.13. The summed E-state index contributed by atoms with van der Waals surface area (Å²) in [6.45, 7) is 0.394. The van der Waals surface area contributed by atoms with Crippen molar-refractivity contribution in [1.82, 2.24) is 20.0 Å². The van der Waals surface area contributed by atoms with Gasteiger partial charge in [-0.15, -0.1) is 5.10 Å². The fourth-order valence-electron chi connectivity index (χ4n) is 1.48. The molecule has 0 spiro atoms. The van der Waals surface area contributed by atoms with Crippen molar-refractivity contribution in [3.05, 3.63) is 39.9 Å². The minimum Gasteiger partial charge on any atom is -0.476 e. The van der Waals surface area contributed by atoms with E-state index in [-0.39, 0.29) is 12.2 Å². The molecule has 0 saturated carbocycles. The van der Waals surface area contributed by atoms with E-state index in [4.69, 9.17) is 10.8 Å². The largest absolute Gasteiger partial charge is 0.476 e. The molecule has 8 heteroatoms. The summed E-state index contributed by atoms with van der Waals surface area (Å²) < 4.78 is 2.31. The maximum atomic E-state index is 10.9. The zero-order chi connectivity index (χ0) is 13.1. The molecule has 18 heavy (non-hydrogen) atoms. The van der Waals surface area contributed by atoms with Crippen LogP contribution in [0, 0.1) is 0 Å². The lowest BCUT2D eigenvalue weighted by atomic mass is 10.3. The van der Waals surface area contributed by atoms with Crippen LogP contribution in [0.25, 0.3) is 0 Å². The molecular weight excluding hydrogens is 302 g/mol. The van der Waals surface area contributed by atoms with Gasteiger partial charge in [-0.25, -0.2) is 9.48 Å². The molecule has 0 amide bonds. The topological polar surface area (TPSA) is 107 Å². The summed E-state index contributed by atoms with van der Waals surface area (Å²) >= 11 is 3.29. The number of hydrogen-bond donors (Lipinski definition) is 2. The predicted octanol–water partition coefficient (Wildman–Crippen LogP) is 0.641. The molecule has 7 nitrogen and oxygen atoms in total. The van der Waals surface area contributed by atoms with Crippen LogP contribution in [-0.4, -0.2) is 31.1 Å². The van der Waals surface area contributed by atoms with Crippen LogP contribution < -0.4 is 5.73 Å². The first-order valence-corrected chi connectivity index (χ1v) is 5.87. The quantitative estimate of drug-likeness (QED) is 0.858. The van der Waals surface area contributed by atoms with Gasteiger partial charge in [0.15, 0.2) is 5.69 Å². The second-order valence-corrected chi connectivity index (χ2v) is 4.44. The lowest BCUT2D eigenvalue weighted by Gasteiger charge is -2.04. The molecule has 2 rings (SSSR count). The van der Waals surface area contributed by atoms with E-state index in [9.17, 15) is 4.79 Å². The van der Waals surface area contributed by atoms with Crippen LogP contribution in [-0.2, 0) is 13.1 Å². The van der Waals surface area contributed by atoms with E-state index in [1.54, 1.807) is 6.20 Å². The fourth-order valence-corrected chi connectivity index (χ4v) is 1.72. The van der Waals surface area contributed by atoms with Gasteiger partial charge in [0, 0.05) is 17.2 Å². The summed E-state index contributed by atoms with van der Waals surface area (Å²) in [5, 5.41) is 16.3. The maximum absolute atomic E-state index is 10.9. The zero-order valence-corrected chi connectivity index (χ0v) is 10.8. The third-order valence-electron chi connectivity index (χ3n) is 2.33. The van der Waals surface area contributed by atoms with Crippen molar-refractivity contribution < 1.29 is 9.90 Å². The Morgan fingerprint density at radius 1 is 1.50 bits per heavy atom. The Morgan fingerprint density at radius 3 is 2.83 bits per heavy atom. The summed E-state index contributed by atoms with van der Waals surface area (Å²) in [5.41, 5.74) is 6.53. The number of carbonyl (C=O) groups is 1. The number of nitrogens with two attached hydrogens (primary N) is 1. The molecule has 0 unspecified atom stereocenters. The van der Waals surface area contributed by atoms with Crippen LogP contribution in [0.15, 0.2) is 22.8 Å². The number of halogens is 1. The van der Waals surface area contributed by atoms with Crippen molar-refractivity contribution in [2.45, 2.75) is 13.1 Å². The van der Waals surface area contributed by atoms with Crippen LogP contribution in [0.4, 0.5) is 0 Å². The van der Waals surface area contributed by atoms with Gasteiger partial charge in [0.05, 0.1) is 17.9 Å². The van der Waals surface area contributed by atoms with Gasteiger partial charge in [0.25, 0.3) is 0 Å². The average Bonchev–Trinajstić information content (AvgIpc) is 2.75. The molecule has 3 N–H and O–H groups in total. The van der Waals surface area contributed by atoms with E-state index in [1.807, 2.05) is 12.1 Å². The molecule has 0 atom stereocenters. The van der Waals surface area contributed by atoms with Crippen molar-refractivity contribution in [3.8, 4) is 0 Å². The normalized spacial score (nSPS) is 10.6. The molecule has 0 bridgehead atoms. The van der Waals surface area contributed by atoms with Gasteiger partial charge in [-0.3, -0.25) is 4.98 Å². The third kappa shape index (κ3) is 2.54. The number of aromatic carboxylic acids is 1. The predicted molar refractivity (Wildman–Crippen MR) is 65.9 cm³/mol. The highest BCUT2D eigenvalue weighted by Crippen LogP contribution is 2.10. The second-order valence-electron chi connectivity index (χ2n) is 3.52. The second kappa shape index (κ2) is 5.23. The molecule has 94 valence electrons. The highest BCUT2D eigenvalue weighted by atomic mass is 79.9. The van der Waals surface area contributed by atoms with E-state index in [0.29, 0.717) is 12.2 Å². The van der Waals surface area contributed by atoms with Crippen molar-refractivity contribution in [2.75, 3.05) is 0 Å². The fraction of sp³-hybridized carbons (Fsp3) is 0.200. The molecule has 0 aliphatic rings. The molecular formula is C10H10BrN5O2. The SMILES string of the molecule is NCc1c(C(=O)O)nnn1Cc1ccc(Br)cn1. The third-order valence-corrected chi connectivity index (χ3v) is 2.80. The van der Waals surface area contributed by atoms with Crippen LogP contribution in [0.1, 0.15) is 21.9 Å². The Hall–Kier alpha value is -1.80. The van der Waals surface area contributed by atoms with E-state index in [2.05, 4.69) is 31.2 Å². The Labute approximate surface area is 111 Å². The van der Waals surface area contributed by atoms with Gasteiger partial charge in [-0.05, 0) is 28.1 Å². The Balaban J connectivity index is 2.29. The van der Waals surface area contributed by atoms with Gasteiger partial charge >= 0.3 is 5.97 Å². The summed E-state index contributed by atoms with van der Waals surface area (Å²) in [4.78, 5) is 15.1. The van der Waals surface area contributed by atoms with Crippen molar-refractivity contribution >= 4 is 21.9 Å². The lowest BCUT2D eigenvalue weighted by Crippen LogP contribution is -2.13. The van der Waals surface area contributed by atoms with Gasteiger partial charge in [-0.2, -0.15) is 0 Å². The molecule has 0 aliphatic carbocycles. The Morgan fingerprint density at radius 2 is 2.28 bits per heavy atom. The van der Waals surface area contributed by atoms with E-state index < -0.39 is 5.97 Å². The monoisotopic (exact) mass is 311 g/mol.